The number of hydrogen-bond acceptors (Lipinski definition) is 1. The Balaban J connectivity index is 1.54. The molecule has 4 heteroatoms. The van der Waals surface area contributed by atoms with Crippen LogP contribution in [0.3, 0.4) is 0 Å². The lowest BCUT2D eigenvalue weighted by Crippen LogP contribution is -2.16. The van der Waals surface area contributed by atoms with Gasteiger partial charge in [0.05, 0.1) is 6.61 Å². The van der Waals surface area contributed by atoms with E-state index in [1.807, 2.05) is 12.1 Å². The summed E-state index contributed by atoms with van der Waals surface area (Å²) in [5.41, 5.74) is 2.30. The molecule has 29 heavy (non-hydrogen) atoms. The molecule has 2 aromatic rings. The van der Waals surface area contributed by atoms with Crippen molar-refractivity contribution in [3.63, 3.8) is 0 Å². The van der Waals surface area contributed by atoms with Gasteiger partial charge in [-0.05, 0) is 92.5 Å². The van der Waals surface area contributed by atoms with E-state index in [4.69, 9.17) is 4.74 Å². The lowest BCUT2D eigenvalue weighted by atomic mass is 9.76. The Hall–Kier alpha value is -1.97. The predicted octanol–water partition coefficient (Wildman–Crippen LogP) is 7.36. The number of hydrogen-bond donors (Lipinski definition) is 0. The molecule has 1 aliphatic carbocycles. The van der Waals surface area contributed by atoms with Gasteiger partial charge in [-0.2, -0.15) is 4.39 Å². The van der Waals surface area contributed by atoms with E-state index in [0.29, 0.717) is 18.1 Å². The van der Waals surface area contributed by atoms with E-state index in [-0.39, 0.29) is 17.5 Å². The fraction of sp³-hybridized carbons (Fsp3) is 0.520. The Morgan fingerprint density at radius 3 is 2.31 bits per heavy atom. The van der Waals surface area contributed by atoms with Gasteiger partial charge in [-0.15, -0.1) is 0 Å². The van der Waals surface area contributed by atoms with Crippen LogP contribution in [0.2, 0.25) is 0 Å². The molecule has 2 aromatic carbocycles. The van der Waals surface area contributed by atoms with Gasteiger partial charge in [0.1, 0.15) is 5.82 Å². The minimum absolute atomic E-state index is 0.0191. The smallest absolute Gasteiger partial charge is 0.200 e. The Morgan fingerprint density at radius 2 is 1.66 bits per heavy atom. The van der Waals surface area contributed by atoms with Crippen molar-refractivity contribution in [2.75, 3.05) is 6.61 Å². The van der Waals surface area contributed by atoms with Gasteiger partial charge in [-0.1, -0.05) is 31.5 Å². The zero-order chi connectivity index (χ0) is 20.8. The molecule has 0 bridgehead atoms. The molecule has 0 atom stereocenters. The maximum absolute atomic E-state index is 14.5. The van der Waals surface area contributed by atoms with Gasteiger partial charge in [0.15, 0.2) is 11.6 Å². The summed E-state index contributed by atoms with van der Waals surface area (Å²) in [6.07, 6.45) is 7.21. The maximum atomic E-state index is 14.5. The van der Waals surface area contributed by atoms with E-state index in [1.165, 1.54) is 6.07 Å². The highest BCUT2D eigenvalue weighted by Gasteiger charge is 2.26. The van der Waals surface area contributed by atoms with Crippen molar-refractivity contribution in [2.24, 2.45) is 5.92 Å². The van der Waals surface area contributed by atoms with Crippen LogP contribution in [-0.4, -0.2) is 6.61 Å². The van der Waals surface area contributed by atoms with Crippen LogP contribution in [0.1, 0.15) is 75.0 Å². The minimum atomic E-state index is -0.881. The van der Waals surface area contributed by atoms with Crippen LogP contribution in [0.25, 0.3) is 0 Å². The number of aryl methyl sites for hydroxylation is 2. The average molecular weight is 405 g/mol. The van der Waals surface area contributed by atoms with Crippen molar-refractivity contribution >= 4 is 0 Å². The lowest BCUT2D eigenvalue weighted by molar-refractivity contribution is 0.296. The molecule has 3 rings (SSSR count). The standard InChI is InChI=1S/C25H31F3O/c1-3-5-18-9-13-20(22(26)16-18)12-8-17-6-10-19(11-7-17)21-14-15-23(29-4-2)25(28)24(21)27/h9,13-17,19H,3-8,10-12H2,1-2H3. The molecule has 1 nitrogen and oxygen atoms in total. The first-order chi connectivity index (χ1) is 14.0. The van der Waals surface area contributed by atoms with Crippen LogP contribution in [0.15, 0.2) is 30.3 Å². The van der Waals surface area contributed by atoms with Gasteiger partial charge >= 0.3 is 0 Å². The molecule has 0 N–H and O–H groups in total. The molecule has 1 aliphatic rings. The van der Waals surface area contributed by atoms with Crippen LogP contribution in [-0.2, 0) is 12.8 Å². The minimum Gasteiger partial charge on any atom is -0.491 e. The molecule has 0 aromatic heterocycles. The Labute approximate surface area is 172 Å². The summed E-state index contributed by atoms with van der Waals surface area (Å²) >= 11 is 0. The van der Waals surface area contributed by atoms with Crippen LogP contribution in [0.5, 0.6) is 5.75 Å². The summed E-state index contributed by atoms with van der Waals surface area (Å²) in [4.78, 5) is 0. The van der Waals surface area contributed by atoms with Crippen LogP contribution in [0.4, 0.5) is 13.2 Å². The fourth-order valence-corrected chi connectivity index (χ4v) is 4.49. The number of ether oxygens (including phenoxy) is 1. The second kappa shape index (κ2) is 10.2. The van der Waals surface area contributed by atoms with E-state index in [9.17, 15) is 13.2 Å². The summed E-state index contributed by atoms with van der Waals surface area (Å²) in [5.74, 6) is -1.22. The summed E-state index contributed by atoms with van der Waals surface area (Å²) in [6, 6.07) is 8.82. The number of halogens is 3. The first-order valence-corrected chi connectivity index (χ1v) is 10.9. The second-order valence-corrected chi connectivity index (χ2v) is 8.15. The van der Waals surface area contributed by atoms with Crippen LogP contribution in [0, 0.1) is 23.4 Å². The summed E-state index contributed by atoms with van der Waals surface area (Å²) in [6.45, 7) is 4.15. The third kappa shape index (κ3) is 5.34. The van der Waals surface area contributed by atoms with Crippen molar-refractivity contribution in [3.05, 3.63) is 64.5 Å². The molecule has 0 spiro atoms. The highest BCUT2D eigenvalue weighted by Crippen LogP contribution is 2.40. The van der Waals surface area contributed by atoms with Gasteiger partial charge in [0, 0.05) is 0 Å². The molecule has 1 saturated carbocycles. The number of benzene rings is 2. The van der Waals surface area contributed by atoms with E-state index < -0.39 is 11.6 Å². The molecule has 158 valence electrons. The maximum Gasteiger partial charge on any atom is 0.200 e. The molecule has 0 saturated heterocycles. The Kier molecular flexibility index (Phi) is 7.63. The number of rotatable bonds is 8. The lowest BCUT2D eigenvalue weighted by Gasteiger charge is -2.29. The van der Waals surface area contributed by atoms with Crippen molar-refractivity contribution in [2.45, 2.75) is 71.1 Å². The third-order valence-electron chi connectivity index (χ3n) is 6.14. The first-order valence-electron chi connectivity index (χ1n) is 10.9. The van der Waals surface area contributed by atoms with Crippen molar-refractivity contribution in [3.8, 4) is 5.75 Å². The van der Waals surface area contributed by atoms with Crippen LogP contribution < -0.4 is 4.74 Å². The SMILES string of the molecule is CCCc1ccc(CCC2CCC(c3ccc(OCC)c(F)c3F)CC2)c(F)c1. The summed E-state index contributed by atoms with van der Waals surface area (Å²) in [7, 11) is 0. The van der Waals surface area contributed by atoms with Gasteiger partial charge < -0.3 is 4.74 Å². The van der Waals surface area contributed by atoms with Crippen molar-refractivity contribution in [1.82, 2.24) is 0 Å². The third-order valence-corrected chi connectivity index (χ3v) is 6.14. The second-order valence-electron chi connectivity index (χ2n) is 8.15. The quantitative estimate of drug-likeness (QED) is 0.446. The van der Waals surface area contributed by atoms with Crippen molar-refractivity contribution < 1.29 is 17.9 Å². The average Bonchev–Trinajstić information content (AvgIpc) is 2.72. The topological polar surface area (TPSA) is 9.23 Å². The molecule has 0 amide bonds. The fourth-order valence-electron chi connectivity index (χ4n) is 4.49. The summed E-state index contributed by atoms with van der Waals surface area (Å²) in [5, 5.41) is 0. The van der Waals surface area contributed by atoms with Gasteiger partial charge in [-0.25, -0.2) is 8.78 Å². The summed E-state index contributed by atoms with van der Waals surface area (Å²) < 4.78 is 48.1. The molecule has 0 unspecified atom stereocenters. The van der Waals surface area contributed by atoms with Gasteiger partial charge in [0.2, 0.25) is 5.82 Å². The van der Waals surface area contributed by atoms with Gasteiger partial charge in [-0.3, -0.25) is 0 Å². The molecule has 0 aliphatic heterocycles. The van der Waals surface area contributed by atoms with E-state index in [0.717, 1.165) is 62.5 Å². The molecule has 0 radical (unpaired) electrons. The molecule has 1 fully saturated rings. The van der Waals surface area contributed by atoms with Crippen molar-refractivity contribution in [1.29, 1.82) is 0 Å². The monoisotopic (exact) mass is 404 g/mol. The zero-order valence-corrected chi connectivity index (χ0v) is 17.4. The predicted molar refractivity (Wildman–Crippen MR) is 111 cm³/mol. The largest absolute Gasteiger partial charge is 0.491 e. The highest BCUT2D eigenvalue weighted by molar-refractivity contribution is 5.33. The first kappa shape index (κ1) is 21.7. The Morgan fingerprint density at radius 1 is 0.897 bits per heavy atom. The van der Waals surface area contributed by atoms with E-state index >= 15 is 0 Å². The zero-order valence-electron chi connectivity index (χ0n) is 17.4. The molecular weight excluding hydrogens is 373 g/mol. The van der Waals surface area contributed by atoms with E-state index in [1.54, 1.807) is 19.1 Å². The highest BCUT2D eigenvalue weighted by atomic mass is 19.2. The molecular formula is C25H31F3O. The Bertz CT molecular complexity index is 810. The normalized spacial score (nSPS) is 19.3. The molecule has 0 heterocycles. The van der Waals surface area contributed by atoms with Gasteiger partial charge in [0.25, 0.3) is 0 Å². The van der Waals surface area contributed by atoms with E-state index in [2.05, 4.69) is 6.92 Å². The van der Waals surface area contributed by atoms with Crippen LogP contribution >= 0.6 is 0 Å².